The maximum atomic E-state index is 6.05. The number of rotatable bonds is 6. The largest absolute Gasteiger partial charge is 0.379 e. The van der Waals surface area contributed by atoms with Gasteiger partial charge in [0.05, 0.1) is 30.7 Å². The first kappa shape index (κ1) is 14.9. The van der Waals surface area contributed by atoms with Crippen LogP contribution in [-0.4, -0.2) is 44.2 Å². The molecule has 124 valence electrons. The molecule has 0 unspecified atom stereocenters. The first-order valence-electron chi connectivity index (χ1n) is 8.51. The Balaban J connectivity index is 1.52. The number of fused-ring (bicyclic) bond motifs is 1. The van der Waals surface area contributed by atoms with Crippen molar-refractivity contribution in [3.63, 3.8) is 0 Å². The standard InChI is InChI=1S/C17H25N5O/c1-20-9-14(7-18-20)10-22-6-5-15-8-19-21(2)17(15)16(22)12-23-11-13-3-4-13/h7-9,13,16H,3-6,10-12H2,1-2H3/t16-/m1/s1. The molecule has 23 heavy (non-hydrogen) atoms. The monoisotopic (exact) mass is 315 g/mol. The van der Waals surface area contributed by atoms with Crippen LogP contribution in [0.15, 0.2) is 18.6 Å². The van der Waals surface area contributed by atoms with E-state index in [1.54, 1.807) is 0 Å². The van der Waals surface area contributed by atoms with Gasteiger partial charge in [-0.1, -0.05) is 0 Å². The Labute approximate surface area is 137 Å². The summed E-state index contributed by atoms with van der Waals surface area (Å²) >= 11 is 0. The molecule has 0 N–H and O–H groups in total. The number of aryl methyl sites for hydroxylation is 2. The second-order valence-corrected chi connectivity index (χ2v) is 6.92. The van der Waals surface area contributed by atoms with Crippen molar-refractivity contribution in [1.82, 2.24) is 24.5 Å². The first-order valence-corrected chi connectivity index (χ1v) is 8.51. The maximum absolute atomic E-state index is 6.05. The Bertz CT molecular complexity index is 672. The van der Waals surface area contributed by atoms with Crippen molar-refractivity contribution in [2.45, 2.75) is 31.8 Å². The molecule has 1 fully saturated rings. The summed E-state index contributed by atoms with van der Waals surface area (Å²) in [5.74, 6) is 0.802. The smallest absolute Gasteiger partial charge is 0.0760 e. The first-order chi connectivity index (χ1) is 11.2. The molecule has 0 radical (unpaired) electrons. The number of nitrogens with zero attached hydrogens (tertiary/aromatic N) is 5. The third-order valence-corrected chi connectivity index (χ3v) is 4.96. The molecule has 1 atom stereocenters. The molecule has 2 aliphatic rings. The van der Waals surface area contributed by atoms with E-state index in [0.717, 1.165) is 38.6 Å². The summed E-state index contributed by atoms with van der Waals surface area (Å²) < 4.78 is 9.94. The minimum absolute atomic E-state index is 0.283. The lowest BCUT2D eigenvalue weighted by Gasteiger charge is -2.35. The van der Waals surface area contributed by atoms with Crippen molar-refractivity contribution in [3.8, 4) is 0 Å². The van der Waals surface area contributed by atoms with Gasteiger partial charge in [0, 0.05) is 45.6 Å². The average Bonchev–Trinajstić information content (AvgIpc) is 3.16. The zero-order valence-corrected chi connectivity index (χ0v) is 14.0. The Morgan fingerprint density at radius 3 is 2.78 bits per heavy atom. The lowest BCUT2D eigenvalue weighted by molar-refractivity contribution is 0.0413. The van der Waals surface area contributed by atoms with Crippen molar-refractivity contribution in [3.05, 3.63) is 35.4 Å². The third-order valence-electron chi connectivity index (χ3n) is 4.96. The highest BCUT2D eigenvalue weighted by Crippen LogP contribution is 2.33. The molecule has 0 spiro atoms. The summed E-state index contributed by atoms with van der Waals surface area (Å²) in [5.41, 5.74) is 3.94. The van der Waals surface area contributed by atoms with Crippen LogP contribution in [0.1, 0.15) is 35.7 Å². The van der Waals surface area contributed by atoms with Crippen LogP contribution >= 0.6 is 0 Å². The van der Waals surface area contributed by atoms with Crippen molar-refractivity contribution in [2.75, 3.05) is 19.8 Å². The van der Waals surface area contributed by atoms with E-state index in [2.05, 4.69) is 21.3 Å². The van der Waals surface area contributed by atoms with Crippen molar-refractivity contribution in [2.24, 2.45) is 20.0 Å². The number of aromatic nitrogens is 4. The van der Waals surface area contributed by atoms with Gasteiger partial charge in [-0.25, -0.2) is 0 Å². The molecule has 0 aromatic carbocycles. The summed E-state index contributed by atoms with van der Waals surface area (Å²) in [6, 6.07) is 0.283. The fraction of sp³-hybridized carbons (Fsp3) is 0.647. The van der Waals surface area contributed by atoms with Crippen LogP contribution in [0, 0.1) is 5.92 Å². The zero-order valence-electron chi connectivity index (χ0n) is 14.0. The lowest BCUT2D eigenvalue weighted by atomic mass is 9.99. The Morgan fingerprint density at radius 1 is 1.17 bits per heavy atom. The minimum Gasteiger partial charge on any atom is -0.379 e. The Morgan fingerprint density at radius 2 is 2.04 bits per heavy atom. The topological polar surface area (TPSA) is 48.1 Å². The van der Waals surface area contributed by atoms with E-state index in [1.165, 1.54) is 29.7 Å². The van der Waals surface area contributed by atoms with Gasteiger partial charge in [-0.2, -0.15) is 10.2 Å². The molecule has 4 rings (SSSR count). The highest BCUT2D eigenvalue weighted by Gasteiger charge is 2.31. The number of ether oxygens (including phenoxy) is 1. The van der Waals surface area contributed by atoms with Crippen molar-refractivity contribution in [1.29, 1.82) is 0 Å². The van der Waals surface area contributed by atoms with Crippen molar-refractivity contribution < 1.29 is 4.74 Å². The van der Waals surface area contributed by atoms with Gasteiger partial charge in [0.2, 0.25) is 0 Å². The van der Waals surface area contributed by atoms with Gasteiger partial charge in [0.1, 0.15) is 0 Å². The molecule has 0 saturated heterocycles. The molecule has 6 heteroatoms. The van der Waals surface area contributed by atoms with E-state index in [1.807, 2.05) is 35.9 Å². The molecule has 1 aliphatic carbocycles. The van der Waals surface area contributed by atoms with Crippen LogP contribution in [0.3, 0.4) is 0 Å². The summed E-state index contributed by atoms with van der Waals surface area (Å²) in [6.45, 7) is 3.62. The molecule has 1 aliphatic heterocycles. The van der Waals surface area contributed by atoms with Gasteiger partial charge >= 0.3 is 0 Å². The summed E-state index contributed by atoms with van der Waals surface area (Å²) in [7, 11) is 4.01. The van der Waals surface area contributed by atoms with Gasteiger partial charge in [-0.3, -0.25) is 14.3 Å². The second-order valence-electron chi connectivity index (χ2n) is 6.92. The average molecular weight is 315 g/mol. The van der Waals surface area contributed by atoms with E-state index in [0.29, 0.717) is 0 Å². The second kappa shape index (κ2) is 6.09. The number of hydrogen-bond acceptors (Lipinski definition) is 4. The van der Waals surface area contributed by atoms with Gasteiger partial charge in [-0.05, 0) is 30.7 Å². The van der Waals surface area contributed by atoms with Crippen LogP contribution < -0.4 is 0 Å². The van der Waals surface area contributed by atoms with Crippen molar-refractivity contribution >= 4 is 0 Å². The van der Waals surface area contributed by atoms with Gasteiger partial charge in [-0.15, -0.1) is 0 Å². The molecule has 0 amide bonds. The molecule has 0 bridgehead atoms. The SMILES string of the molecule is Cn1cc(CN2CCc3cnn(C)c3[C@H]2COCC2CC2)cn1. The van der Waals surface area contributed by atoms with E-state index in [4.69, 9.17) is 4.74 Å². The third kappa shape index (κ3) is 3.19. The number of hydrogen-bond donors (Lipinski definition) is 0. The molecule has 2 aromatic rings. The highest BCUT2D eigenvalue weighted by molar-refractivity contribution is 5.25. The predicted molar refractivity (Wildman–Crippen MR) is 86.8 cm³/mol. The van der Waals surface area contributed by atoms with E-state index in [9.17, 15) is 0 Å². The van der Waals surface area contributed by atoms with Crippen LogP contribution in [0.4, 0.5) is 0 Å². The molecule has 1 saturated carbocycles. The van der Waals surface area contributed by atoms with E-state index in [-0.39, 0.29) is 6.04 Å². The maximum Gasteiger partial charge on any atom is 0.0760 e. The van der Waals surface area contributed by atoms with E-state index >= 15 is 0 Å². The quantitative estimate of drug-likeness (QED) is 0.814. The van der Waals surface area contributed by atoms with Gasteiger partial charge in [0.25, 0.3) is 0 Å². The predicted octanol–water partition coefficient (Wildman–Crippen LogP) is 1.68. The fourth-order valence-corrected chi connectivity index (χ4v) is 3.50. The van der Waals surface area contributed by atoms with Crippen LogP contribution in [0.25, 0.3) is 0 Å². The zero-order chi connectivity index (χ0) is 15.8. The van der Waals surface area contributed by atoms with Crippen LogP contribution in [-0.2, 0) is 31.8 Å². The normalized spacial score (nSPS) is 21.6. The highest BCUT2D eigenvalue weighted by atomic mass is 16.5. The van der Waals surface area contributed by atoms with Crippen LogP contribution in [0.5, 0.6) is 0 Å². The van der Waals surface area contributed by atoms with Gasteiger partial charge < -0.3 is 4.74 Å². The Hall–Kier alpha value is -1.66. The molecule has 3 heterocycles. The summed E-state index contributed by atoms with van der Waals surface area (Å²) in [4.78, 5) is 2.51. The molecular weight excluding hydrogens is 290 g/mol. The summed E-state index contributed by atoms with van der Waals surface area (Å²) in [5, 5.41) is 8.76. The Kier molecular flexibility index (Phi) is 3.95. The molecule has 6 nitrogen and oxygen atoms in total. The van der Waals surface area contributed by atoms with Crippen LogP contribution in [0.2, 0.25) is 0 Å². The molecule has 2 aromatic heterocycles. The summed E-state index contributed by atoms with van der Waals surface area (Å²) in [6.07, 6.45) is 9.80. The molecular formula is C17H25N5O. The minimum atomic E-state index is 0.283. The van der Waals surface area contributed by atoms with E-state index < -0.39 is 0 Å². The fourth-order valence-electron chi connectivity index (χ4n) is 3.50. The lowest BCUT2D eigenvalue weighted by Crippen LogP contribution is -2.38. The van der Waals surface area contributed by atoms with Gasteiger partial charge in [0.15, 0.2) is 0 Å².